The number of hydrogen-bond donors (Lipinski definition) is 3. The molecule has 0 fully saturated rings. The summed E-state index contributed by atoms with van der Waals surface area (Å²) in [6, 6.07) is 7.52. The van der Waals surface area contributed by atoms with Gasteiger partial charge in [0.15, 0.2) is 23.1 Å². The number of carbonyl (C=O) groups is 2. The van der Waals surface area contributed by atoms with E-state index >= 15 is 0 Å². The number of nitrogens with one attached hydrogen (secondary N) is 2. The van der Waals surface area contributed by atoms with Crippen LogP contribution in [-0.2, 0) is 15.2 Å². The largest absolute Gasteiger partial charge is 0.454 e. The van der Waals surface area contributed by atoms with E-state index in [2.05, 4.69) is 10.6 Å². The van der Waals surface area contributed by atoms with Gasteiger partial charge < -0.3 is 25.2 Å². The number of ether oxygens (including phenoxy) is 2. The molecule has 2 amide bonds. The molecular weight excluding hydrogens is 362 g/mol. The molecule has 2 aromatic rings. The normalized spacial score (nSPS) is 14.4. The predicted octanol–water partition coefficient (Wildman–Crippen LogP) is 1.66. The van der Waals surface area contributed by atoms with Gasteiger partial charge in [0.25, 0.3) is 0 Å². The Morgan fingerprint density at radius 2 is 1.81 bits per heavy atom. The summed E-state index contributed by atoms with van der Waals surface area (Å²) in [5, 5.41) is 15.0. The van der Waals surface area contributed by atoms with Gasteiger partial charge in [-0.1, -0.05) is 6.07 Å². The van der Waals surface area contributed by atoms with Crippen LogP contribution in [0.3, 0.4) is 0 Å². The SMILES string of the molecule is CC(O)(CNC(=O)C(=O)Nc1ccc(F)c(F)c1)c1ccc2c(c1)OCO2. The number of aliphatic hydroxyl groups is 1. The number of anilines is 1. The summed E-state index contributed by atoms with van der Waals surface area (Å²) in [5.74, 6) is -3.33. The van der Waals surface area contributed by atoms with E-state index < -0.39 is 29.0 Å². The van der Waals surface area contributed by atoms with E-state index in [1.165, 1.54) is 6.92 Å². The van der Waals surface area contributed by atoms with Crippen molar-refractivity contribution in [1.82, 2.24) is 5.32 Å². The van der Waals surface area contributed by atoms with Crippen LogP contribution in [0.5, 0.6) is 11.5 Å². The molecule has 3 N–H and O–H groups in total. The minimum atomic E-state index is -1.49. The molecule has 0 aliphatic carbocycles. The van der Waals surface area contributed by atoms with Gasteiger partial charge in [0.1, 0.15) is 5.60 Å². The molecule has 0 bridgehead atoms. The molecule has 9 heteroatoms. The van der Waals surface area contributed by atoms with Crippen LogP contribution >= 0.6 is 0 Å². The molecule has 0 saturated carbocycles. The third-order valence-corrected chi connectivity index (χ3v) is 3.97. The first-order valence-electron chi connectivity index (χ1n) is 7.93. The molecule has 27 heavy (non-hydrogen) atoms. The molecule has 1 unspecified atom stereocenters. The molecule has 1 aliphatic rings. The summed E-state index contributed by atoms with van der Waals surface area (Å²) in [6.45, 7) is 1.27. The van der Waals surface area contributed by atoms with Gasteiger partial charge in [-0.05, 0) is 36.8 Å². The van der Waals surface area contributed by atoms with Gasteiger partial charge in [-0.15, -0.1) is 0 Å². The highest BCUT2D eigenvalue weighted by Gasteiger charge is 2.27. The van der Waals surface area contributed by atoms with E-state index in [1.807, 2.05) is 0 Å². The lowest BCUT2D eigenvalue weighted by atomic mass is 9.95. The Morgan fingerprint density at radius 3 is 2.56 bits per heavy atom. The van der Waals surface area contributed by atoms with Gasteiger partial charge in [0.2, 0.25) is 6.79 Å². The zero-order valence-corrected chi connectivity index (χ0v) is 14.2. The monoisotopic (exact) mass is 378 g/mol. The lowest BCUT2D eigenvalue weighted by Crippen LogP contribution is -2.43. The number of fused-ring (bicyclic) bond motifs is 1. The van der Waals surface area contributed by atoms with E-state index in [4.69, 9.17) is 9.47 Å². The molecule has 3 rings (SSSR count). The van der Waals surface area contributed by atoms with Crippen molar-refractivity contribution in [1.29, 1.82) is 0 Å². The molecule has 1 heterocycles. The fourth-order valence-electron chi connectivity index (χ4n) is 2.43. The Labute approximate surface area is 152 Å². The molecular formula is C18H16F2N2O5. The zero-order chi connectivity index (χ0) is 19.6. The average molecular weight is 378 g/mol. The third-order valence-electron chi connectivity index (χ3n) is 3.97. The molecule has 1 atom stereocenters. The molecule has 7 nitrogen and oxygen atoms in total. The number of hydrogen-bond acceptors (Lipinski definition) is 5. The van der Waals surface area contributed by atoms with E-state index in [0.29, 0.717) is 17.1 Å². The Kier molecular flexibility index (Phi) is 4.95. The zero-order valence-electron chi connectivity index (χ0n) is 14.2. The van der Waals surface area contributed by atoms with Crippen LogP contribution in [0.2, 0.25) is 0 Å². The van der Waals surface area contributed by atoms with Crippen molar-refractivity contribution in [2.75, 3.05) is 18.7 Å². The van der Waals surface area contributed by atoms with Crippen molar-refractivity contribution in [3.05, 3.63) is 53.6 Å². The first kappa shape index (κ1) is 18.6. The maximum Gasteiger partial charge on any atom is 0.313 e. The minimum Gasteiger partial charge on any atom is -0.454 e. The Bertz CT molecular complexity index is 901. The summed E-state index contributed by atoms with van der Waals surface area (Å²) in [5.41, 5.74) is -1.11. The predicted molar refractivity (Wildman–Crippen MR) is 90.1 cm³/mol. The van der Waals surface area contributed by atoms with Gasteiger partial charge >= 0.3 is 11.8 Å². The molecule has 0 aromatic heterocycles. The number of amides is 2. The molecule has 0 saturated heterocycles. The second kappa shape index (κ2) is 7.20. The second-order valence-corrected chi connectivity index (χ2v) is 6.11. The lowest BCUT2D eigenvalue weighted by Gasteiger charge is -2.24. The van der Waals surface area contributed by atoms with Crippen LogP contribution in [0.4, 0.5) is 14.5 Å². The summed E-state index contributed by atoms with van der Waals surface area (Å²) in [6.07, 6.45) is 0. The summed E-state index contributed by atoms with van der Waals surface area (Å²) >= 11 is 0. The minimum absolute atomic E-state index is 0.0726. The van der Waals surface area contributed by atoms with Gasteiger partial charge in [0.05, 0.1) is 6.54 Å². The quantitative estimate of drug-likeness (QED) is 0.703. The molecule has 142 valence electrons. The van der Waals surface area contributed by atoms with E-state index in [9.17, 15) is 23.5 Å². The van der Waals surface area contributed by atoms with E-state index in [0.717, 1.165) is 18.2 Å². The summed E-state index contributed by atoms with van der Waals surface area (Å²) in [7, 11) is 0. The number of halogens is 2. The van der Waals surface area contributed by atoms with Crippen LogP contribution in [-0.4, -0.2) is 30.3 Å². The van der Waals surface area contributed by atoms with Crippen LogP contribution in [0, 0.1) is 11.6 Å². The Hall–Kier alpha value is -3.20. The highest BCUT2D eigenvalue weighted by atomic mass is 19.2. The fourth-order valence-corrected chi connectivity index (χ4v) is 2.43. The highest BCUT2D eigenvalue weighted by molar-refractivity contribution is 6.39. The van der Waals surface area contributed by atoms with Crippen LogP contribution in [0.25, 0.3) is 0 Å². The Morgan fingerprint density at radius 1 is 1.07 bits per heavy atom. The number of benzene rings is 2. The van der Waals surface area contributed by atoms with Gasteiger partial charge in [-0.3, -0.25) is 9.59 Å². The van der Waals surface area contributed by atoms with Crippen molar-refractivity contribution < 1.29 is 33.0 Å². The van der Waals surface area contributed by atoms with Crippen LogP contribution < -0.4 is 20.1 Å². The number of rotatable bonds is 4. The first-order valence-corrected chi connectivity index (χ1v) is 7.93. The van der Waals surface area contributed by atoms with Gasteiger partial charge in [0, 0.05) is 11.8 Å². The smallest absolute Gasteiger partial charge is 0.313 e. The first-order chi connectivity index (χ1) is 12.8. The summed E-state index contributed by atoms with van der Waals surface area (Å²) in [4.78, 5) is 23.8. The molecule has 2 aromatic carbocycles. The third kappa shape index (κ3) is 4.14. The lowest BCUT2D eigenvalue weighted by molar-refractivity contribution is -0.136. The van der Waals surface area contributed by atoms with Crippen molar-refractivity contribution >= 4 is 17.5 Å². The molecule has 1 aliphatic heterocycles. The van der Waals surface area contributed by atoms with Gasteiger partial charge in [-0.2, -0.15) is 0 Å². The highest BCUT2D eigenvalue weighted by Crippen LogP contribution is 2.35. The van der Waals surface area contributed by atoms with E-state index in [1.54, 1.807) is 18.2 Å². The number of carbonyl (C=O) groups excluding carboxylic acids is 2. The van der Waals surface area contributed by atoms with Crippen LogP contribution in [0.1, 0.15) is 12.5 Å². The maximum absolute atomic E-state index is 13.1. The van der Waals surface area contributed by atoms with Gasteiger partial charge in [-0.25, -0.2) is 8.78 Å². The van der Waals surface area contributed by atoms with Crippen molar-refractivity contribution in [3.63, 3.8) is 0 Å². The molecule has 0 spiro atoms. The summed E-state index contributed by atoms with van der Waals surface area (Å²) < 4.78 is 36.4. The average Bonchev–Trinajstić information content (AvgIpc) is 3.10. The van der Waals surface area contributed by atoms with E-state index in [-0.39, 0.29) is 19.0 Å². The Balaban J connectivity index is 1.60. The van der Waals surface area contributed by atoms with Crippen molar-refractivity contribution in [2.24, 2.45) is 0 Å². The van der Waals surface area contributed by atoms with Crippen molar-refractivity contribution in [2.45, 2.75) is 12.5 Å². The maximum atomic E-state index is 13.1. The fraction of sp³-hybridized carbons (Fsp3) is 0.222. The standard InChI is InChI=1S/C18H16F2N2O5/c1-18(25,10-2-5-14-15(6-10)27-9-26-14)8-21-16(23)17(24)22-11-3-4-12(19)13(20)7-11/h2-7,25H,8-9H2,1H3,(H,21,23)(H,22,24). The second-order valence-electron chi connectivity index (χ2n) is 6.11. The molecule has 0 radical (unpaired) electrons. The topological polar surface area (TPSA) is 96.9 Å². The van der Waals surface area contributed by atoms with Crippen molar-refractivity contribution in [3.8, 4) is 11.5 Å². The van der Waals surface area contributed by atoms with Crippen LogP contribution in [0.15, 0.2) is 36.4 Å².